The molecule has 0 radical (unpaired) electrons. The van der Waals surface area contributed by atoms with Crippen molar-refractivity contribution in [2.24, 2.45) is 5.92 Å². The minimum Gasteiger partial charge on any atom is -0.453 e. The molecule has 0 heterocycles. The summed E-state index contributed by atoms with van der Waals surface area (Å²) in [4.78, 5) is 24.1. The van der Waals surface area contributed by atoms with Crippen LogP contribution in [0, 0.1) is 40.5 Å². The van der Waals surface area contributed by atoms with Gasteiger partial charge in [-0.3, -0.25) is 9.59 Å². The molecule has 0 fully saturated rings. The van der Waals surface area contributed by atoms with Crippen LogP contribution >= 0.6 is 0 Å². The second-order valence-electron chi connectivity index (χ2n) is 7.87. The lowest BCUT2D eigenvalue weighted by Gasteiger charge is -2.19. The van der Waals surface area contributed by atoms with Gasteiger partial charge in [-0.1, -0.05) is 13.8 Å². The van der Waals surface area contributed by atoms with Gasteiger partial charge in [0.1, 0.15) is 0 Å². The lowest BCUT2D eigenvalue weighted by Crippen LogP contribution is -2.38. The second-order valence-corrected chi connectivity index (χ2v) is 9.58. The number of carbonyl (C=O) groups excluding carboxylic acids is 2. The molecule has 29 heavy (non-hydrogen) atoms. The first-order valence-electron chi connectivity index (χ1n) is 9.83. The molecule has 0 aliphatic heterocycles. The molecule has 1 atom stereocenters. The summed E-state index contributed by atoms with van der Waals surface area (Å²) in [5.41, 5.74) is 4.36. The maximum Gasteiger partial charge on any atom is 0.307 e. The van der Waals surface area contributed by atoms with Gasteiger partial charge in [0.25, 0.3) is 5.91 Å². The van der Waals surface area contributed by atoms with Gasteiger partial charge in [0.15, 0.2) is 6.10 Å². The number of benzene rings is 1. The fourth-order valence-electron chi connectivity index (χ4n) is 2.99. The highest BCUT2D eigenvalue weighted by Crippen LogP contribution is 2.29. The molecule has 1 aromatic rings. The molecule has 0 saturated carbocycles. The maximum atomic E-state index is 12.8. The van der Waals surface area contributed by atoms with Crippen LogP contribution in [0.1, 0.15) is 55.0 Å². The van der Waals surface area contributed by atoms with Crippen molar-refractivity contribution >= 4 is 21.9 Å². The molecule has 0 aliphatic rings. The SMILES string of the molecule is Cc1c(C)c(C)c(S(=O)(=O)NCCC(=O)OC(C)C(=O)NCC(C)C)c(C)c1C. The Morgan fingerprint density at radius 3 is 1.86 bits per heavy atom. The minimum absolute atomic E-state index is 0.105. The maximum absolute atomic E-state index is 12.8. The van der Waals surface area contributed by atoms with Crippen LogP contribution < -0.4 is 10.0 Å². The van der Waals surface area contributed by atoms with Gasteiger partial charge >= 0.3 is 5.97 Å². The van der Waals surface area contributed by atoms with Gasteiger partial charge in [0.05, 0.1) is 11.3 Å². The molecule has 1 unspecified atom stereocenters. The molecule has 0 spiro atoms. The number of esters is 1. The number of hydrogen-bond acceptors (Lipinski definition) is 5. The molecule has 0 aliphatic carbocycles. The molecule has 2 N–H and O–H groups in total. The average molecular weight is 427 g/mol. The van der Waals surface area contributed by atoms with Crippen LogP contribution in [0.4, 0.5) is 0 Å². The number of amides is 1. The Morgan fingerprint density at radius 2 is 1.38 bits per heavy atom. The molecule has 1 rings (SSSR count). The van der Waals surface area contributed by atoms with Crippen LogP contribution in [0.15, 0.2) is 4.90 Å². The number of ether oxygens (including phenoxy) is 1. The monoisotopic (exact) mass is 426 g/mol. The number of nitrogens with one attached hydrogen (secondary N) is 2. The summed E-state index contributed by atoms with van der Waals surface area (Å²) in [6.07, 6.45) is -1.09. The summed E-state index contributed by atoms with van der Waals surface area (Å²) in [5.74, 6) is -0.716. The molecule has 0 saturated heterocycles. The average Bonchev–Trinajstić information content (AvgIpc) is 2.62. The Labute approximate surface area is 174 Å². The van der Waals surface area contributed by atoms with Crippen molar-refractivity contribution in [1.82, 2.24) is 10.0 Å². The van der Waals surface area contributed by atoms with Crippen LogP contribution in [-0.4, -0.2) is 39.5 Å². The van der Waals surface area contributed by atoms with Gasteiger partial charge < -0.3 is 10.1 Å². The summed E-state index contributed by atoms with van der Waals surface area (Å²) >= 11 is 0. The first kappa shape index (κ1) is 25.1. The summed E-state index contributed by atoms with van der Waals surface area (Å²) in [7, 11) is -3.78. The first-order valence-corrected chi connectivity index (χ1v) is 11.3. The zero-order valence-corrected chi connectivity index (χ0v) is 19.5. The third kappa shape index (κ3) is 6.54. The fourth-order valence-corrected chi connectivity index (χ4v) is 4.61. The zero-order valence-electron chi connectivity index (χ0n) is 18.7. The second kappa shape index (κ2) is 10.2. The van der Waals surface area contributed by atoms with E-state index in [1.807, 2.05) is 34.6 Å². The van der Waals surface area contributed by atoms with Gasteiger partial charge in [-0.15, -0.1) is 0 Å². The highest BCUT2D eigenvalue weighted by atomic mass is 32.2. The number of carbonyl (C=O) groups is 2. The highest BCUT2D eigenvalue weighted by Gasteiger charge is 2.24. The molecule has 164 valence electrons. The number of hydrogen-bond donors (Lipinski definition) is 2. The van der Waals surface area contributed by atoms with Gasteiger partial charge in [-0.2, -0.15) is 0 Å². The quantitative estimate of drug-likeness (QED) is 0.591. The van der Waals surface area contributed by atoms with Crippen molar-refractivity contribution in [3.63, 3.8) is 0 Å². The first-order chi connectivity index (χ1) is 13.3. The summed E-state index contributed by atoms with van der Waals surface area (Å²) in [5, 5.41) is 2.69. The Morgan fingerprint density at radius 1 is 0.897 bits per heavy atom. The highest BCUT2D eigenvalue weighted by molar-refractivity contribution is 7.89. The van der Waals surface area contributed by atoms with Gasteiger partial charge in [-0.25, -0.2) is 13.1 Å². The van der Waals surface area contributed by atoms with Gasteiger partial charge in [0.2, 0.25) is 10.0 Å². The summed E-state index contributed by atoms with van der Waals surface area (Å²) < 4.78 is 33.2. The number of rotatable bonds is 9. The van der Waals surface area contributed by atoms with Crippen molar-refractivity contribution in [3.8, 4) is 0 Å². The lowest BCUT2D eigenvalue weighted by molar-refractivity contribution is -0.154. The van der Waals surface area contributed by atoms with Crippen LogP contribution in [0.2, 0.25) is 0 Å². The van der Waals surface area contributed by atoms with Crippen molar-refractivity contribution in [2.75, 3.05) is 13.1 Å². The lowest BCUT2D eigenvalue weighted by atomic mass is 9.95. The Bertz CT molecular complexity index is 847. The third-order valence-corrected chi connectivity index (χ3v) is 6.92. The van der Waals surface area contributed by atoms with E-state index in [2.05, 4.69) is 10.0 Å². The van der Waals surface area contributed by atoms with Crippen molar-refractivity contribution in [2.45, 2.75) is 72.8 Å². The Balaban J connectivity index is 2.73. The summed E-state index contributed by atoms with van der Waals surface area (Å²) in [6.45, 7) is 15.2. The van der Waals surface area contributed by atoms with E-state index in [9.17, 15) is 18.0 Å². The normalized spacial score (nSPS) is 12.7. The Hall–Kier alpha value is -1.93. The summed E-state index contributed by atoms with van der Waals surface area (Å²) in [6, 6.07) is 0. The molecule has 8 heteroatoms. The molecule has 1 amide bonds. The molecule has 7 nitrogen and oxygen atoms in total. The van der Waals surface area contributed by atoms with E-state index in [0.29, 0.717) is 17.7 Å². The van der Waals surface area contributed by atoms with Crippen LogP contribution in [0.5, 0.6) is 0 Å². The largest absolute Gasteiger partial charge is 0.453 e. The smallest absolute Gasteiger partial charge is 0.307 e. The van der Waals surface area contributed by atoms with E-state index >= 15 is 0 Å². The van der Waals surface area contributed by atoms with Crippen LogP contribution in [-0.2, 0) is 24.3 Å². The third-order valence-electron chi connectivity index (χ3n) is 5.18. The molecule has 0 bridgehead atoms. The molecule has 0 aromatic heterocycles. The van der Waals surface area contributed by atoms with Gasteiger partial charge in [-0.05, 0) is 75.3 Å². The van der Waals surface area contributed by atoms with E-state index in [-0.39, 0.29) is 29.7 Å². The zero-order chi connectivity index (χ0) is 22.5. The molecule has 1 aromatic carbocycles. The fraction of sp³-hybridized carbons (Fsp3) is 0.619. The minimum atomic E-state index is -3.78. The van der Waals surface area contributed by atoms with E-state index in [1.165, 1.54) is 6.92 Å². The predicted octanol–water partition coefficient (Wildman–Crippen LogP) is 2.60. The van der Waals surface area contributed by atoms with Gasteiger partial charge in [0, 0.05) is 13.1 Å². The predicted molar refractivity (Wildman–Crippen MR) is 113 cm³/mol. The Kier molecular flexibility index (Phi) is 8.84. The van der Waals surface area contributed by atoms with Crippen molar-refractivity contribution in [3.05, 3.63) is 27.8 Å². The van der Waals surface area contributed by atoms with E-state index < -0.39 is 22.1 Å². The van der Waals surface area contributed by atoms with E-state index in [1.54, 1.807) is 13.8 Å². The number of sulfonamides is 1. The molecular weight excluding hydrogens is 392 g/mol. The van der Waals surface area contributed by atoms with E-state index in [4.69, 9.17) is 4.74 Å². The van der Waals surface area contributed by atoms with E-state index in [0.717, 1.165) is 16.7 Å². The molecular formula is C21H34N2O5S. The standard InChI is InChI=1S/C21H34N2O5S/c1-12(2)11-22-21(25)18(8)28-19(24)9-10-23-29(26,27)20-16(6)14(4)13(3)15(5)17(20)7/h12,18,23H,9-11H2,1-8H3,(H,22,25). The van der Waals surface area contributed by atoms with Crippen molar-refractivity contribution < 1.29 is 22.7 Å². The van der Waals surface area contributed by atoms with Crippen LogP contribution in [0.3, 0.4) is 0 Å². The topological polar surface area (TPSA) is 102 Å². The van der Waals surface area contributed by atoms with Crippen LogP contribution in [0.25, 0.3) is 0 Å². The van der Waals surface area contributed by atoms with Crippen molar-refractivity contribution in [1.29, 1.82) is 0 Å².